The van der Waals surface area contributed by atoms with E-state index in [9.17, 15) is 14.7 Å². The van der Waals surface area contributed by atoms with E-state index < -0.39 is 11.5 Å². The summed E-state index contributed by atoms with van der Waals surface area (Å²) in [4.78, 5) is 24.9. The molecule has 0 aliphatic heterocycles. The number of nitrogens with two attached hydrogens (primary N) is 1. The third kappa shape index (κ3) is 2.88. The number of aromatic amines is 1. The Bertz CT molecular complexity index is 839. The minimum absolute atomic E-state index is 0.0896. The highest BCUT2D eigenvalue weighted by atomic mass is 16.3. The molecule has 5 N–H and O–H groups in total. The van der Waals surface area contributed by atoms with Crippen molar-refractivity contribution in [2.75, 3.05) is 5.73 Å². The summed E-state index contributed by atoms with van der Waals surface area (Å²) in [6.45, 7) is 6.42. The standard InChI is InChI=1S/C15H21N5O3/c1-15(2,3)7-19-10-6-9(16)18-20(10)14(23)11(13(19)22)12(21)17-8-4-5-8/h6,8H,4-5,7H2,1-3H3,(H4,16,17,18,21,22,23)/p+1. The molecule has 0 bridgehead atoms. The van der Waals surface area contributed by atoms with Gasteiger partial charge in [-0.25, -0.2) is 9.89 Å². The minimum atomic E-state index is -0.613. The molecule has 2 heterocycles. The Morgan fingerprint density at radius 3 is 2.74 bits per heavy atom. The van der Waals surface area contributed by atoms with Crippen LogP contribution in [-0.4, -0.2) is 26.7 Å². The summed E-state index contributed by atoms with van der Waals surface area (Å²) in [5.41, 5.74) is 5.12. The van der Waals surface area contributed by atoms with Crippen molar-refractivity contribution in [3.8, 4) is 5.88 Å². The predicted molar refractivity (Wildman–Crippen MR) is 84.2 cm³/mol. The van der Waals surface area contributed by atoms with Gasteiger partial charge in [0.2, 0.25) is 5.56 Å². The summed E-state index contributed by atoms with van der Waals surface area (Å²) in [5, 5.41) is 16.0. The van der Waals surface area contributed by atoms with Gasteiger partial charge in [-0.1, -0.05) is 25.3 Å². The van der Waals surface area contributed by atoms with E-state index in [4.69, 9.17) is 5.73 Å². The number of hydrogen-bond acceptors (Lipinski definition) is 4. The van der Waals surface area contributed by atoms with Crippen LogP contribution in [0.2, 0.25) is 0 Å². The van der Waals surface area contributed by atoms with E-state index in [-0.39, 0.29) is 28.7 Å². The highest BCUT2D eigenvalue weighted by Crippen LogP contribution is 2.21. The smallest absolute Gasteiger partial charge is 0.378 e. The van der Waals surface area contributed by atoms with Crippen LogP contribution in [0.25, 0.3) is 5.65 Å². The second-order valence-electron chi connectivity index (χ2n) is 7.30. The van der Waals surface area contributed by atoms with Gasteiger partial charge in [0, 0.05) is 6.04 Å². The number of H-pyrrole nitrogens is 1. The Kier molecular flexibility index (Phi) is 3.35. The number of fused-ring (bicyclic) bond motifs is 1. The van der Waals surface area contributed by atoms with Crippen LogP contribution >= 0.6 is 0 Å². The van der Waals surface area contributed by atoms with Gasteiger partial charge in [0.05, 0.1) is 12.6 Å². The summed E-state index contributed by atoms with van der Waals surface area (Å²) in [6.07, 6.45) is 1.79. The Hall–Kier alpha value is -2.51. The second-order valence-corrected chi connectivity index (χ2v) is 7.30. The van der Waals surface area contributed by atoms with Gasteiger partial charge in [0.25, 0.3) is 5.91 Å². The molecule has 3 rings (SSSR count). The summed E-state index contributed by atoms with van der Waals surface area (Å²) in [5.74, 6) is -0.605. The minimum Gasteiger partial charge on any atom is -0.477 e. The lowest BCUT2D eigenvalue weighted by molar-refractivity contribution is -0.692. The van der Waals surface area contributed by atoms with E-state index in [1.165, 1.54) is 9.08 Å². The van der Waals surface area contributed by atoms with Crippen molar-refractivity contribution in [1.29, 1.82) is 0 Å². The van der Waals surface area contributed by atoms with Gasteiger partial charge in [-0.3, -0.25) is 4.79 Å². The molecule has 1 aliphatic carbocycles. The van der Waals surface area contributed by atoms with Crippen molar-refractivity contribution < 1.29 is 14.5 Å². The van der Waals surface area contributed by atoms with Gasteiger partial charge in [-0.05, 0) is 18.3 Å². The largest absolute Gasteiger partial charge is 0.477 e. The fourth-order valence-corrected chi connectivity index (χ4v) is 2.54. The summed E-state index contributed by atoms with van der Waals surface area (Å²) < 4.78 is 2.73. The monoisotopic (exact) mass is 320 g/mol. The van der Waals surface area contributed by atoms with Gasteiger partial charge in [0.1, 0.15) is 5.82 Å². The lowest BCUT2D eigenvalue weighted by Gasteiger charge is -2.17. The zero-order chi connectivity index (χ0) is 16.9. The molecule has 0 unspecified atom stereocenters. The van der Waals surface area contributed by atoms with Crippen molar-refractivity contribution in [3.63, 3.8) is 0 Å². The quantitative estimate of drug-likeness (QED) is 0.602. The Morgan fingerprint density at radius 2 is 2.17 bits per heavy atom. The first-order chi connectivity index (χ1) is 10.7. The number of rotatable bonds is 3. The first-order valence-corrected chi connectivity index (χ1v) is 7.64. The normalized spacial score (nSPS) is 15.1. The number of amides is 1. The lowest BCUT2D eigenvalue weighted by atomic mass is 9.96. The van der Waals surface area contributed by atoms with Gasteiger partial charge >= 0.3 is 17.1 Å². The summed E-state index contributed by atoms with van der Waals surface area (Å²) in [7, 11) is 0. The SMILES string of the molecule is CC(C)(C)C[n+]1c(O)c(C(=O)NC2CC2)c(=O)n2[nH]c(N)cc21. The van der Waals surface area contributed by atoms with Crippen molar-refractivity contribution >= 4 is 17.4 Å². The Balaban J connectivity index is 2.22. The van der Waals surface area contributed by atoms with Crippen molar-refractivity contribution in [3.05, 3.63) is 22.0 Å². The molecule has 124 valence electrons. The van der Waals surface area contributed by atoms with Gasteiger partial charge in [-0.2, -0.15) is 4.57 Å². The van der Waals surface area contributed by atoms with E-state index >= 15 is 0 Å². The second kappa shape index (κ2) is 5.00. The van der Waals surface area contributed by atoms with E-state index in [0.29, 0.717) is 12.2 Å². The molecule has 0 radical (unpaired) electrons. The molecule has 0 saturated heterocycles. The zero-order valence-electron chi connectivity index (χ0n) is 13.5. The average molecular weight is 320 g/mol. The maximum atomic E-state index is 12.6. The number of carbonyl (C=O) groups excluding carboxylic acids is 1. The molecule has 0 atom stereocenters. The third-order valence-electron chi connectivity index (χ3n) is 3.70. The van der Waals surface area contributed by atoms with Crippen LogP contribution in [0, 0.1) is 5.41 Å². The lowest BCUT2D eigenvalue weighted by Crippen LogP contribution is -2.47. The van der Waals surface area contributed by atoms with Crippen molar-refractivity contribution in [2.24, 2.45) is 5.41 Å². The van der Waals surface area contributed by atoms with E-state index in [0.717, 1.165) is 12.8 Å². The molecule has 1 fully saturated rings. The number of nitrogen functional groups attached to an aromatic ring is 1. The maximum Gasteiger partial charge on any atom is 0.378 e. The van der Waals surface area contributed by atoms with Crippen LogP contribution < -0.4 is 21.2 Å². The van der Waals surface area contributed by atoms with Gasteiger partial charge in [-0.15, -0.1) is 0 Å². The van der Waals surface area contributed by atoms with Crippen LogP contribution in [0.15, 0.2) is 10.9 Å². The molecule has 2 aromatic rings. The van der Waals surface area contributed by atoms with Crippen LogP contribution in [-0.2, 0) is 6.54 Å². The summed E-state index contributed by atoms with van der Waals surface area (Å²) in [6, 6.07) is 1.65. The predicted octanol–water partition coefficient (Wildman–Crippen LogP) is 0.141. The number of carbonyl (C=O) groups is 1. The van der Waals surface area contributed by atoms with E-state index in [1.807, 2.05) is 20.8 Å². The molecule has 1 amide bonds. The van der Waals surface area contributed by atoms with Crippen LogP contribution in [0.3, 0.4) is 0 Å². The number of hydrogen-bond donors (Lipinski definition) is 4. The zero-order valence-corrected chi connectivity index (χ0v) is 13.5. The van der Waals surface area contributed by atoms with Crippen LogP contribution in [0.5, 0.6) is 5.88 Å². The third-order valence-corrected chi connectivity index (χ3v) is 3.70. The van der Waals surface area contributed by atoms with Gasteiger partial charge < -0.3 is 16.2 Å². The molecule has 8 heteroatoms. The molecular weight excluding hydrogens is 298 g/mol. The first kappa shape index (κ1) is 15.4. The molecule has 1 aliphatic rings. The summed E-state index contributed by atoms with van der Waals surface area (Å²) >= 11 is 0. The molecule has 1 saturated carbocycles. The number of aromatic hydroxyl groups is 1. The molecular formula is C15H22N5O3+. The average Bonchev–Trinajstić information content (AvgIpc) is 3.13. The van der Waals surface area contributed by atoms with E-state index in [2.05, 4.69) is 10.4 Å². The molecule has 0 spiro atoms. The highest BCUT2D eigenvalue weighted by Gasteiger charge is 2.34. The van der Waals surface area contributed by atoms with E-state index in [1.54, 1.807) is 6.07 Å². The number of nitrogens with zero attached hydrogens (tertiary/aromatic N) is 2. The Morgan fingerprint density at radius 1 is 1.52 bits per heavy atom. The Labute approximate surface area is 132 Å². The topological polar surface area (TPSA) is 116 Å². The maximum absolute atomic E-state index is 12.6. The molecule has 23 heavy (non-hydrogen) atoms. The van der Waals surface area contributed by atoms with Crippen LogP contribution in [0.1, 0.15) is 44.0 Å². The number of nitrogens with one attached hydrogen (secondary N) is 2. The molecule has 8 nitrogen and oxygen atoms in total. The first-order valence-electron chi connectivity index (χ1n) is 7.64. The van der Waals surface area contributed by atoms with Crippen LogP contribution in [0.4, 0.5) is 5.82 Å². The molecule has 2 aromatic heterocycles. The molecule has 0 aromatic carbocycles. The fraction of sp³-hybridized carbons (Fsp3) is 0.533. The fourth-order valence-electron chi connectivity index (χ4n) is 2.54. The van der Waals surface area contributed by atoms with Crippen molar-refractivity contribution in [1.82, 2.24) is 14.9 Å². The number of aromatic nitrogens is 3. The number of anilines is 1. The van der Waals surface area contributed by atoms with Crippen molar-refractivity contribution in [2.45, 2.75) is 46.2 Å². The van der Waals surface area contributed by atoms with Gasteiger partial charge in [0.15, 0.2) is 0 Å². The highest BCUT2D eigenvalue weighted by molar-refractivity contribution is 5.96.